The smallest absolute Gasteiger partial charge is 0.127 e. The van der Waals surface area contributed by atoms with E-state index >= 15 is 0 Å². The average molecular weight is 285 g/mol. The van der Waals surface area contributed by atoms with E-state index in [4.69, 9.17) is 11.6 Å². The fourth-order valence-electron chi connectivity index (χ4n) is 3.13. The fraction of sp³-hybridized carbons (Fsp3) is 0.625. The van der Waals surface area contributed by atoms with Gasteiger partial charge in [-0.2, -0.15) is 0 Å². The summed E-state index contributed by atoms with van der Waals surface area (Å²) < 4.78 is 13.8. The Bertz CT molecular complexity index is 446. The average Bonchev–Trinajstić information content (AvgIpc) is 2.33. The molecule has 1 fully saturated rings. The molecule has 106 valence electrons. The van der Waals surface area contributed by atoms with Gasteiger partial charge in [-0.3, -0.25) is 0 Å². The van der Waals surface area contributed by atoms with Crippen LogP contribution in [0.4, 0.5) is 4.39 Å². The molecule has 0 radical (unpaired) electrons. The van der Waals surface area contributed by atoms with Crippen molar-refractivity contribution in [1.29, 1.82) is 0 Å². The van der Waals surface area contributed by atoms with Gasteiger partial charge in [-0.15, -0.1) is 0 Å². The Morgan fingerprint density at radius 2 is 2.21 bits per heavy atom. The third kappa shape index (κ3) is 3.70. The highest BCUT2D eigenvalue weighted by Crippen LogP contribution is 2.38. The van der Waals surface area contributed by atoms with E-state index in [1.165, 1.54) is 12.5 Å². The largest absolute Gasteiger partial charge is 0.390 e. The molecule has 1 saturated carbocycles. The van der Waals surface area contributed by atoms with Gasteiger partial charge in [0.1, 0.15) is 5.82 Å². The van der Waals surface area contributed by atoms with Gasteiger partial charge in [0.25, 0.3) is 0 Å². The minimum Gasteiger partial charge on any atom is -0.390 e. The lowest BCUT2D eigenvalue weighted by Gasteiger charge is -2.38. The number of aliphatic hydroxyl groups is 1. The molecule has 0 amide bonds. The highest BCUT2D eigenvalue weighted by molar-refractivity contribution is 6.30. The maximum Gasteiger partial charge on any atom is 0.127 e. The standard InChI is InChI=1S/C16H22ClFO/c1-11(2)12-4-3-7-16(19,9-12)10-13-5-6-14(17)8-15(13)18/h5-6,8,11-12,19H,3-4,7,9-10H2,1-2H3. The van der Waals surface area contributed by atoms with E-state index in [1.807, 2.05) is 0 Å². The number of hydrogen-bond donors (Lipinski definition) is 1. The summed E-state index contributed by atoms with van der Waals surface area (Å²) in [4.78, 5) is 0. The summed E-state index contributed by atoms with van der Waals surface area (Å²) in [6, 6.07) is 4.70. The molecule has 0 saturated heterocycles. The van der Waals surface area contributed by atoms with Crippen molar-refractivity contribution in [2.75, 3.05) is 0 Å². The molecule has 1 N–H and O–H groups in total. The lowest BCUT2D eigenvalue weighted by molar-refractivity contribution is -0.0245. The molecule has 2 rings (SSSR count). The Labute approximate surface area is 119 Å². The van der Waals surface area contributed by atoms with Crippen LogP contribution in [-0.2, 0) is 6.42 Å². The van der Waals surface area contributed by atoms with Gasteiger partial charge in [-0.05, 0) is 48.8 Å². The zero-order chi connectivity index (χ0) is 14.0. The van der Waals surface area contributed by atoms with Crippen molar-refractivity contribution in [3.8, 4) is 0 Å². The first-order valence-electron chi connectivity index (χ1n) is 7.06. The predicted octanol–water partition coefficient (Wildman–Crippen LogP) is 4.60. The van der Waals surface area contributed by atoms with Gasteiger partial charge in [0.05, 0.1) is 5.60 Å². The number of halogens is 2. The van der Waals surface area contributed by atoms with Crippen molar-refractivity contribution in [3.05, 3.63) is 34.6 Å². The zero-order valence-electron chi connectivity index (χ0n) is 11.6. The van der Waals surface area contributed by atoms with Crippen molar-refractivity contribution in [1.82, 2.24) is 0 Å². The molecule has 2 atom stereocenters. The molecular formula is C16H22ClFO. The summed E-state index contributed by atoms with van der Waals surface area (Å²) in [7, 11) is 0. The summed E-state index contributed by atoms with van der Waals surface area (Å²) in [6.07, 6.45) is 4.11. The van der Waals surface area contributed by atoms with Crippen molar-refractivity contribution in [2.45, 2.75) is 51.6 Å². The molecule has 0 heterocycles. The van der Waals surface area contributed by atoms with E-state index in [-0.39, 0.29) is 5.82 Å². The van der Waals surface area contributed by atoms with Gasteiger partial charge in [0.15, 0.2) is 0 Å². The second-order valence-corrected chi connectivity index (χ2v) is 6.67. The number of hydrogen-bond acceptors (Lipinski definition) is 1. The molecule has 2 unspecified atom stereocenters. The third-order valence-electron chi connectivity index (χ3n) is 4.34. The Morgan fingerprint density at radius 1 is 1.47 bits per heavy atom. The van der Waals surface area contributed by atoms with Gasteiger partial charge in [-0.1, -0.05) is 37.9 Å². The molecular weight excluding hydrogens is 263 g/mol. The van der Waals surface area contributed by atoms with E-state index in [0.29, 0.717) is 28.8 Å². The normalized spacial score (nSPS) is 27.8. The summed E-state index contributed by atoms with van der Waals surface area (Å²) in [5.41, 5.74) is -0.196. The van der Waals surface area contributed by atoms with Crippen LogP contribution in [0.15, 0.2) is 18.2 Å². The summed E-state index contributed by atoms with van der Waals surface area (Å²) in [6.45, 7) is 4.39. The minimum absolute atomic E-state index is 0.312. The van der Waals surface area contributed by atoms with Gasteiger partial charge in [0, 0.05) is 11.4 Å². The molecule has 0 aromatic heterocycles. The van der Waals surface area contributed by atoms with Crippen LogP contribution in [-0.4, -0.2) is 10.7 Å². The minimum atomic E-state index is -0.762. The fourth-order valence-corrected chi connectivity index (χ4v) is 3.29. The van der Waals surface area contributed by atoms with E-state index in [1.54, 1.807) is 12.1 Å². The monoisotopic (exact) mass is 284 g/mol. The van der Waals surface area contributed by atoms with E-state index in [2.05, 4.69) is 13.8 Å². The van der Waals surface area contributed by atoms with Gasteiger partial charge >= 0.3 is 0 Å². The van der Waals surface area contributed by atoms with Crippen molar-refractivity contribution in [2.24, 2.45) is 11.8 Å². The Hall–Kier alpha value is -0.600. The second kappa shape index (κ2) is 5.80. The van der Waals surface area contributed by atoms with E-state index in [0.717, 1.165) is 19.3 Å². The number of benzene rings is 1. The Kier molecular flexibility index (Phi) is 4.52. The first kappa shape index (κ1) is 14.8. The molecule has 3 heteroatoms. The quantitative estimate of drug-likeness (QED) is 0.860. The predicted molar refractivity (Wildman–Crippen MR) is 76.9 cm³/mol. The maximum atomic E-state index is 13.8. The van der Waals surface area contributed by atoms with Crippen LogP contribution >= 0.6 is 11.6 Å². The highest BCUT2D eigenvalue weighted by Gasteiger charge is 2.35. The third-order valence-corrected chi connectivity index (χ3v) is 4.57. The Balaban J connectivity index is 2.12. The molecule has 1 aliphatic carbocycles. The topological polar surface area (TPSA) is 20.2 Å². The molecule has 1 aliphatic rings. The molecule has 1 aromatic rings. The molecule has 0 aliphatic heterocycles. The Morgan fingerprint density at radius 3 is 2.84 bits per heavy atom. The van der Waals surface area contributed by atoms with Crippen LogP contribution in [0.5, 0.6) is 0 Å². The lowest BCUT2D eigenvalue weighted by atomic mass is 9.71. The van der Waals surface area contributed by atoms with E-state index < -0.39 is 5.60 Å². The van der Waals surface area contributed by atoms with Gasteiger partial charge < -0.3 is 5.11 Å². The van der Waals surface area contributed by atoms with Crippen molar-refractivity contribution < 1.29 is 9.50 Å². The maximum absolute atomic E-state index is 13.8. The first-order chi connectivity index (χ1) is 8.89. The summed E-state index contributed by atoms with van der Waals surface area (Å²) in [5.74, 6) is 0.795. The van der Waals surface area contributed by atoms with Gasteiger partial charge in [-0.25, -0.2) is 4.39 Å². The van der Waals surface area contributed by atoms with E-state index in [9.17, 15) is 9.50 Å². The molecule has 19 heavy (non-hydrogen) atoms. The molecule has 0 spiro atoms. The van der Waals surface area contributed by atoms with Crippen molar-refractivity contribution >= 4 is 11.6 Å². The van der Waals surface area contributed by atoms with Crippen LogP contribution in [0, 0.1) is 17.7 Å². The van der Waals surface area contributed by atoms with Crippen LogP contribution in [0.3, 0.4) is 0 Å². The zero-order valence-corrected chi connectivity index (χ0v) is 12.4. The second-order valence-electron chi connectivity index (χ2n) is 6.24. The lowest BCUT2D eigenvalue weighted by Crippen LogP contribution is -2.39. The van der Waals surface area contributed by atoms with Crippen LogP contribution in [0.2, 0.25) is 5.02 Å². The van der Waals surface area contributed by atoms with Crippen LogP contribution in [0.25, 0.3) is 0 Å². The summed E-state index contributed by atoms with van der Waals surface area (Å²) >= 11 is 5.76. The van der Waals surface area contributed by atoms with Crippen molar-refractivity contribution in [3.63, 3.8) is 0 Å². The molecule has 1 aromatic carbocycles. The first-order valence-corrected chi connectivity index (χ1v) is 7.44. The SMILES string of the molecule is CC(C)C1CCCC(O)(Cc2ccc(Cl)cc2F)C1. The van der Waals surface area contributed by atoms with Crippen LogP contribution in [0.1, 0.15) is 45.1 Å². The summed E-state index contributed by atoms with van der Waals surface area (Å²) in [5, 5.41) is 11.1. The number of rotatable bonds is 3. The molecule has 1 nitrogen and oxygen atoms in total. The van der Waals surface area contributed by atoms with Gasteiger partial charge in [0.2, 0.25) is 0 Å². The highest BCUT2D eigenvalue weighted by atomic mass is 35.5. The van der Waals surface area contributed by atoms with Crippen LogP contribution < -0.4 is 0 Å². The molecule has 0 bridgehead atoms.